The highest BCUT2D eigenvalue weighted by Gasteiger charge is 2.20. The minimum atomic E-state index is -0.267. The molecule has 1 aliphatic rings. The van der Waals surface area contributed by atoms with Crippen LogP contribution >= 0.6 is 34.8 Å². The molecule has 33 heavy (non-hydrogen) atoms. The molecule has 0 bridgehead atoms. The Morgan fingerprint density at radius 1 is 0.909 bits per heavy atom. The Kier molecular flexibility index (Phi) is 7.66. The molecule has 172 valence electrons. The molecule has 0 aromatic heterocycles. The van der Waals surface area contributed by atoms with Gasteiger partial charge in [-0.1, -0.05) is 53.0 Å². The number of rotatable bonds is 6. The molecule has 0 radical (unpaired) electrons. The molecule has 0 aliphatic carbocycles. The first-order valence-corrected chi connectivity index (χ1v) is 11.7. The second-order valence-electron chi connectivity index (χ2n) is 7.82. The first kappa shape index (κ1) is 23.7. The van der Waals surface area contributed by atoms with Crippen LogP contribution in [-0.4, -0.2) is 44.1 Å². The number of nitrogens with one attached hydrogen (secondary N) is 1. The standard InChI is InChI=1S/C25H24Cl3N3O2/c1-33-24-9-6-17(14-22(24)28)25(32)29-19-7-8-23(21(27)15-19)31-12-10-30(11-13-31)16-18-4-2-3-5-20(18)26/h2-9,14-15H,10-13,16H2,1H3,(H,29,32). The Hall–Kier alpha value is -2.44. The summed E-state index contributed by atoms with van der Waals surface area (Å²) >= 11 is 19.0. The van der Waals surface area contributed by atoms with E-state index in [-0.39, 0.29) is 5.91 Å². The maximum absolute atomic E-state index is 12.6. The predicted molar refractivity (Wildman–Crippen MR) is 136 cm³/mol. The summed E-state index contributed by atoms with van der Waals surface area (Å²) in [6.07, 6.45) is 0. The lowest BCUT2D eigenvalue weighted by Gasteiger charge is -2.36. The largest absolute Gasteiger partial charge is 0.495 e. The number of benzene rings is 3. The average Bonchev–Trinajstić information content (AvgIpc) is 2.81. The summed E-state index contributed by atoms with van der Waals surface area (Å²) in [6.45, 7) is 4.39. The van der Waals surface area contributed by atoms with Gasteiger partial charge in [0.15, 0.2) is 0 Å². The molecule has 0 spiro atoms. The van der Waals surface area contributed by atoms with E-state index in [1.54, 1.807) is 24.3 Å². The third-order valence-electron chi connectivity index (χ3n) is 5.68. The smallest absolute Gasteiger partial charge is 0.255 e. The van der Waals surface area contributed by atoms with Crippen LogP contribution in [0.15, 0.2) is 60.7 Å². The molecule has 1 amide bonds. The summed E-state index contributed by atoms with van der Waals surface area (Å²) in [7, 11) is 1.53. The van der Waals surface area contributed by atoms with Gasteiger partial charge >= 0.3 is 0 Å². The van der Waals surface area contributed by atoms with Crippen molar-refractivity contribution in [2.24, 2.45) is 0 Å². The van der Waals surface area contributed by atoms with E-state index in [4.69, 9.17) is 39.5 Å². The van der Waals surface area contributed by atoms with Crippen LogP contribution < -0.4 is 15.0 Å². The predicted octanol–water partition coefficient (Wildman–Crippen LogP) is 6.23. The van der Waals surface area contributed by atoms with E-state index < -0.39 is 0 Å². The molecule has 0 atom stereocenters. The Balaban J connectivity index is 1.36. The summed E-state index contributed by atoms with van der Waals surface area (Å²) in [5.41, 5.74) is 3.16. The Morgan fingerprint density at radius 2 is 1.67 bits per heavy atom. The van der Waals surface area contributed by atoms with Crippen molar-refractivity contribution < 1.29 is 9.53 Å². The van der Waals surface area contributed by atoms with E-state index in [2.05, 4.69) is 21.2 Å². The van der Waals surface area contributed by atoms with Crippen LogP contribution in [0.2, 0.25) is 15.1 Å². The van der Waals surface area contributed by atoms with Gasteiger partial charge in [-0.3, -0.25) is 9.69 Å². The fraction of sp³-hybridized carbons (Fsp3) is 0.240. The van der Waals surface area contributed by atoms with Crippen molar-refractivity contribution in [3.63, 3.8) is 0 Å². The van der Waals surface area contributed by atoms with Gasteiger partial charge < -0.3 is 15.0 Å². The van der Waals surface area contributed by atoms with Gasteiger partial charge in [-0.2, -0.15) is 0 Å². The maximum Gasteiger partial charge on any atom is 0.255 e. The number of amides is 1. The zero-order valence-electron chi connectivity index (χ0n) is 18.2. The maximum atomic E-state index is 12.6. The van der Waals surface area contributed by atoms with Crippen LogP contribution in [0, 0.1) is 0 Å². The van der Waals surface area contributed by atoms with Gasteiger partial charge in [-0.25, -0.2) is 0 Å². The van der Waals surface area contributed by atoms with Crippen molar-refractivity contribution in [1.82, 2.24) is 4.90 Å². The van der Waals surface area contributed by atoms with Crippen LogP contribution in [0.5, 0.6) is 5.75 Å². The summed E-state index contributed by atoms with van der Waals surface area (Å²) in [4.78, 5) is 17.2. The summed E-state index contributed by atoms with van der Waals surface area (Å²) in [5, 5.41) is 4.65. The van der Waals surface area contributed by atoms with Crippen molar-refractivity contribution in [1.29, 1.82) is 0 Å². The minimum Gasteiger partial charge on any atom is -0.495 e. The highest BCUT2D eigenvalue weighted by atomic mass is 35.5. The number of carbonyl (C=O) groups is 1. The molecule has 0 unspecified atom stereocenters. The molecule has 4 rings (SSSR count). The quantitative estimate of drug-likeness (QED) is 0.432. The molecule has 3 aromatic rings. The zero-order chi connectivity index (χ0) is 23.4. The van der Waals surface area contributed by atoms with Crippen LogP contribution in [0.1, 0.15) is 15.9 Å². The number of hydrogen-bond acceptors (Lipinski definition) is 4. The highest BCUT2D eigenvalue weighted by molar-refractivity contribution is 6.34. The molecule has 1 saturated heterocycles. The molecule has 1 heterocycles. The van der Waals surface area contributed by atoms with Gasteiger partial charge in [-0.05, 0) is 48.0 Å². The topological polar surface area (TPSA) is 44.8 Å². The van der Waals surface area contributed by atoms with Crippen LogP contribution in [0.4, 0.5) is 11.4 Å². The Bertz CT molecular complexity index is 1150. The second-order valence-corrected chi connectivity index (χ2v) is 9.05. The fourth-order valence-electron chi connectivity index (χ4n) is 3.87. The molecular weight excluding hydrogens is 481 g/mol. The fourth-order valence-corrected chi connectivity index (χ4v) is 4.62. The van der Waals surface area contributed by atoms with Crippen molar-refractivity contribution >= 4 is 52.1 Å². The van der Waals surface area contributed by atoms with Gasteiger partial charge in [0.05, 0.1) is 22.8 Å². The van der Waals surface area contributed by atoms with Gasteiger partial charge in [0.2, 0.25) is 0 Å². The minimum absolute atomic E-state index is 0.267. The first-order chi connectivity index (χ1) is 15.9. The molecule has 5 nitrogen and oxygen atoms in total. The Morgan fingerprint density at radius 3 is 2.33 bits per heavy atom. The molecule has 1 N–H and O–H groups in total. The number of piperazine rings is 1. The van der Waals surface area contributed by atoms with E-state index >= 15 is 0 Å². The van der Waals surface area contributed by atoms with Crippen LogP contribution in [0.25, 0.3) is 0 Å². The Labute approximate surface area is 208 Å². The average molecular weight is 505 g/mol. The molecule has 1 aliphatic heterocycles. The SMILES string of the molecule is COc1ccc(C(=O)Nc2ccc(N3CCN(Cc4ccccc4Cl)CC3)c(Cl)c2)cc1Cl. The lowest BCUT2D eigenvalue weighted by atomic mass is 10.1. The summed E-state index contributed by atoms with van der Waals surface area (Å²) in [5.74, 6) is 0.254. The molecule has 8 heteroatoms. The van der Waals surface area contributed by atoms with Gasteiger partial charge in [0.25, 0.3) is 5.91 Å². The lowest BCUT2D eigenvalue weighted by Crippen LogP contribution is -2.46. The van der Waals surface area contributed by atoms with Gasteiger partial charge in [-0.15, -0.1) is 0 Å². The van der Waals surface area contributed by atoms with Gasteiger partial charge in [0.1, 0.15) is 5.75 Å². The van der Waals surface area contributed by atoms with E-state index in [0.717, 1.165) is 49.0 Å². The van der Waals surface area contributed by atoms with Crippen LogP contribution in [0.3, 0.4) is 0 Å². The molecule has 0 saturated carbocycles. The van der Waals surface area contributed by atoms with E-state index in [1.807, 2.05) is 30.3 Å². The zero-order valence-corrected chi connectivity index (χ0v) is 20.4. The number of carbonyl (C=O) groups excluding carboxylic acids is 1. The number of methoxy groups -OCH3 is 1. The van der Waals surface area contributed by atoms with Crippen LogP contribution in [-0.2, 0) is 6.54 Å². The highest BCUT2D eigenvalue weighted by Crippen LogP contribution is 2.31. The van der Waals surface area contributed by atoms with E-state index in [1.165, 1.54) is 7.11 Å². The third-order valence-corrected chi connectivity index (χ3v) is 6.65. The number of ether oxygens (including phenoxy) is 1. The first-order valence-electron chi connectivity index (χ1n) is 10.6. The second kappa shape index (κ2) is 10.7. The molecule has 1 fully saturated rings. The number of anilines is 2. The summed E-state index contributed by atoms with van der Waals surface area (Å²) in [6, 6.07) is 18.4. The number of halogens is 3. The normalized spacial score (nSPS) is 14.2. The van der Waals surface area contributed by atoms with Gasteiger partial charge in [0, 0.05) is 49.0 Å². The lowest BCUT2D eigenvalue weighted by molar-refractivity contribution is 0.102. The molecule has 3 aromatic carbocycles. The monoisotopic (exact) mass is 503 g/mol. The van der Waals surface area contributed by atoms with E-state index in [0.29, 0.717) is 27.0 Å². The van der Waals surface area contributed by atoms with E-state index in [9.17, 15) is 4.79 Å². The number of hydrogen-bond donors (Lipinski definition) is 1. The van der Waals surface area contributed by atoms with Crippen molar-refractivity contribution in [2.45, 2.75) is 6.54 Å². The van der Waals surface area contributed by atoms with Crippen molar-refractivity contribution in [3.8, 4) is 5.75 Å². The summed E-state index contributed by atoms with van der Waals surface area (Å²) < 4.78 is 5.13. The number of nitrogens with zero attached hydrogens (tertiary/aromatic N) is 2. The van der Waals surface area contributed by atoms with Crippen molar-refractivity contribution in [3.05, 3.63) is 86.9 Å². The third kappa shape index (κ3) is 5.74. The molecular formula is C25H24Cl3N3O2. The van der Waals surface area contributed by atoms with Crippen molar-refractivity contribution in [2.75, 3.05) is 43.5 Å².